The second-order valence-corrected chi connectivity index (χ2v) is 6.24. The van der Waals surface area contributed by atoms with Gasteiger partial charge in [0.2, 0.25) is 0 Å². The summed E-state index contributed by atoms with van der Waals surface area (Å²) in [6, 6.07) is 14.1. The molecule has 6 heteroatoms. The van der Waals surface area contributed by atoms with Crippen molar-refractivity contribution in [3.63, 3.8) is 0 Å². The Labute approximate surface area is 144 Å². The second kappa shape index (κ2) is 8.17. The van der Waals surface area contributed by atoms with E-state index in [2.05, 4.69) is 15.6 Å². The van der Waals surface area contributed by atoms with Crippen molar-refractivity contribution in [3.8, 4) is 5.75 Å². The van der Waals surface area contributed by atoms with Gasteiger partial charge in [-0.05, 0) is 36.4 Å². The molecule has 0 fully saturated rings. The zero-order valence-electron chi connectivity index (χ0n) is 13.4. The van der Waals surface area contributed by atoms with Gasteiger partial charge in [0.15, 0.2) is 5.16 Å². The molecular formula is C18H19FN2O2S. The van der Waals surface area contributed by atoms with E-state index in [4.69, 9.17) is 9.47 Å². The molecular weight excluding hydrogens is 327 g/mol. The number of methoxy groups -OCH3 is 1. The summed E-state index contributed by atoms with van der Waals surface area (Å²) in [6.07, 6.45) is 0. The van der Waals surface area contributed by atoms with Gasteiger partial charge in [-0.2, -0.15) is 0 Å². The molecule has 3 aromatic rings. The van der Waals surface area contributed by atoms with Gasteiger partial charge in [0.25, 0.3) is 0 Å². The molecule has 0 aliphatic carbocycles. The largest absolute Gasteiger partial charge is 0.493 e. The molecule has 0 atom stereocenters. The van der Waals surface area contributed by atoms with E-state index in [0.717, 1.165) is 28.5 Å². The fourth-order valence-electron chi connectivity index (χ4n) is 2.39. The Hall–Kier alpha value is -2.05. The van der Waals surface area contributed by atoms with Crippen molar-refractivity contribution in [1.82, 2.24) is 9.55 Å². The highest BCUT2D eigenvalue weighted by Crippen LogP contribution is 2.24. The molecule has 0 saturated carbocycles. The minimum Gasteiger partial charge on any atom is -0.493 e. The van der Waals surface area contributed by atoms with Crippen molar-refractivity contribution < 1.29 is 13.9 Å². The van der Waals surface area contributed by atoms with Crippen molar-refractivity contribution in [2.24, 2.45) is 0 Å². The van der Waals surface area contributed by atoms with Gasteiger partial charge in [-0.1, -0.05) is 23.9 Å². The molecule has 3 rings (SSSR count). The molecule has 0 spiro atoms. The van der Waals surface area contributed by atoms with Crippen molar-refractivity contribution >= 4 is 22.8 Å². The molecule has 126 valence electrons. The van der Waals surface area contributed by atoms with Crippen LogP contribution < -0.4 is 4.74 Å². The normalized spacial score (nSPS) is 11.1. The molecule has 0 N–H and O–H groups in total. The summed E-state index contributed by atoms with van der Waals surface area (Å²) in [4.78, 5) is 4.69. The predicted molar refractivity (Wildman–Crippen MR) is 94.2 cm³/mol. The van der Waals surface area contributed by atoms with Crippen molar-refractivity contribution in [2.75, 3.05) is 26.1 Å². The van der Waals surface area contributed by atoms with Gasteiger partial charge >= 0.3 is 0 Å². The first kappa shape index (κ1) is 16.8. The minimum atomic E-state index is -0.261. The Morgan fingerprint density at radius 2 is 1.88 bits per heavy atom. The molecule has 0 aliphatic rings. The quantitative estimate of drug-likeness (QED) is 0.456. The van der Waals surface area contributed by atoms with E-state index >= 15 is 0 Å². The fourth-order valence-corrected chi connectivity index (χ4v) is 3.24. The number of ether oxygens (including phenoxy) is 2. The van der Waals surface area contributed by atoms with Crippen LogP contribution in [0.5, 0.6) is 5.75 Å². The number of benzene rings is 2. The predicted octanol–water partition coefficient (Wildman–Crippen LogP) is 3.99. The van der Waals surface area contributed by atoms with Crippen LogP contribution in [0, 0.1) is 5.82 Å². The molecule has 0 unspecified atom stereocenters. The zero-order chi connectivity index (χ0) is 16.8. The number of halogens is 1. The first-order valence-corrected chi connectivity index (χ1v) is 8.72. The highest BCUT2D eigenvalue weighted by Gasteiger charge is 2.10. The number of rotatable bonds is 8. The average Bonchev–Trinajstić information content (AvgIpc) is 2.96. The van der Waals surface area contributed by atoms with Crippen molar-refractivity contribution in [3.05, 3.63) is 54.3 Å². The molecule has 0 amide bonds. The molecule has 2 aromatic carbocycles. The topological polar surface area (TPSA) is 36.3 Å². The Kier molecular flexibility index (Phi) is 5.72. The van der Waals surface area contributed by atoms with Gasteiger partial charge in [0.05, 0.1) is 24.2 Å². The maximum absolute atomic E-state index is 12.9. The first-order valence-electron chi connectivity index (χ1n) is 7.73. The number of nitrogens with zero attached hydrogens (tertiary/aromatic N) is 2. The SMILES string of the molecule is COCCn1c(SCCOc2ccc(F)cc2)nc2ccccc21. The highest BCUT2D eigenvalue weighted by atomic mass is 32.2. The smallest absolute Gasteiger partial charge is 0.169 e. The van der Waals surface area contributed by atoms with Crippen LogP contribution in [0.1, 0.15) is 0 Å². The van der Waals surface area contributed by atoms with E-state index in [1.165, 1.54) is 12.1 Å². The van der Waals surface area contributed by atoms with Gasteiger partial charge in [-0.15, -0.1) is 0 Å². The third kappa shape index (κ3) is 4.07. The molecule has 1 aromatic heterocycles. The van der Waals surface area contributed by atoms with E-state index in [9.17, 15) is 4.39 Å². The van der Waals surface area contributed by atoms with Crippen LogP contribution >= 0.6 is 11.8 Å². The van der Waals surface area contributed by atoms with E-state index in [-0.39, 0.29) is 5.82 Å². The van der Waals surface area contributed by atoms with Crippen LogP contribution in [0.25, 0.3) is 11.0 Å². The average molecular weight is 346 g/mol. The minimum absolute atomic E-state index is 0.261. The lowest BCUT2D eigenvalue weighted by molar-refractivity contribution is 0.186. The number of para-hydroxylation sites is 2. The molecule has 24 heavy (non-hydrogen) atoms. The zero-order valence-corrected chi connectivity index (χ0v) is 14.3. The van der Waals surface area contributed by atoms with E-state index in [1.54, 1.807) is 31.0 Å². The van der Waals surface area contributed by atoms with Gasteiger partial charge in [0, 0.05) is 19.4 Å². The second-order valence-electron chi connectivity index (χ2n) is 5.18. The molecule has 0 radical (unpaired) electrons. The lowest BCUT2D eigenvalue weighted by Gasteiger charge is -2.09. The summed E-state index contributed by atoms with van der Waals surface area (Å²) in [5, 5.41) is 0.955. The number of fused-ring (bicyclic) bond motifs is 1. The van der Waals surface area contributed by atoms with Crippen molar-refractivity contribution in [1.29, 1.82) is 0 Å². The number of thioether (sulfide) groups is 1. The molecule has 0 aliphatic heterocycles. The monoisotopic (exact) mass is 346 g/mol. The highest BCUT2D eigenvalue weighted by molar-refractivity contribution is 7.99. The van der Waals surface area contributed by atoms with Crippen LogP contribution in [-0.4, -0.2) is 35.6 Å². The molecule has 4 nitrogen and oxygen atoms in total. The number of hydrogen-bond donors (Lipinski definition) is 0. The Balaban J connectivity index is 1.62. The van der Waals surface area contributed by atoms with Gasteiger partial charge in [-0.25, -0.2) is 9.37 Å². The molecule has 0 bridgehead atoms. The fraction of sp³-hybridized carbons (Fsp3) is 0.278. The Bertz CT molecular complexity index is 789. The van der Waals surface area contributed by atoms with Crippen LogP contribution in [0.2, 0.25) is 0 Å². The Morgan fingerprint density at radius 3 is 2.67 bits per heavy atom. The maximum atomic E-state index is 12.9. The van der Waals surface area contributed by atoms with Gasteiger partial charge < -0.3 is 14.0 Å². The molecule has 0 saturated heterocycles. The number of aromatic nitrogens is 2. The lowest BCUT2D eigenvalue weighted by Crippen LogP contribution is -2.07. The van der Waals surface area contributed by atoms with E-state index in [0.29, 0.717) is 19.0 Å². The lowest BCUT2D eigenvalue weighted by atomic mass is 10.3. The van der Waals surface area contributed by atoms with Crippen LogP contribution in [-0.2, 0) is 11.3 Å². The molecule has 1 heterocycles. The van der Waals surface area contributed by atoms with Crippen LogP contribution in [0.4, 0.5) is 4.39 Å². The van der Waals surface area contributed by atoms with Gasteiger partial charge in [-0.3, -0.25) is 0 Å². The summed E-state index contributed by atoms with van der Waals surface area (Å²) >= 11 is 1.64. The van der Waals surface area contributed by atoms with Crippen molar-refractivity contribution in [2.45, 2.75) is 11.7 Å². The summed E-state index contributed by atoms with van der Waals surface area (Å²) in [6.45, 7) is 1.93. The summed E-state index contributed by atoms with van der Waals surface area (Å²) in [5.74, 6) is 1.17. The van der Waals surface area contributed by atoms with Gasteiger partial charge in [0.1, 0.15) is 11.6 Å². The van der Waals surface area contributed by atoms with E-state index < -0.39 is 0 Å². The third-order valence-electron chi connectivity index (χ3n) is 3.54. The van der Waals surface area contributed by atoms with Crippen LogP contribution in [0.3, 0.4) is 0 Å². The first-order chi connectivity index (χ1) is 11.8. The number of imidazole rings is 1. The van der Waals surface area contributed by atoms with E-state index in [1.807, 2.05) is 18.2 Å². The summed E-state index contributed by atoms with van der Waals surface area (Å²) in [5.41, 5.74) is 2.09. The third-order valence-corrected chi connectivity index (χ3v) is 4.48. The maximum Gasteiger partial charge on any atom is 0.169 e. The Morgan fingerprint density at radius 1 is 1.08 bits per heavy atom. The summed E-state index contributed by atoms with van der Waals surface area (Å²) in [7, 11) is 1.70. The van der Waals surface area contributed by atoms with Crippen LogP contribution in [0.15, 0.2) is 53.7 Å². The number of hydrogen-bond acceptors (Lipinski definition) is 4. The summed E-state index contributed by atoms with van der Waals surface area (Å²) < 4.78 is 25.9. The standard InChI is InChI=1S/C18H19FN2O2S/c1-22-11-10-21-17-5-3-2-4-16(17)20-18(21)24-13-12-23-15-8-6-14(19)7-9-15/h2-9H,10-13H2,1H3.